The Morgan fingerprint density at radius 3 is 2.47 bits per heavy atom. The molecule has 2 heterocycles. The molecule has 0 spiro atoms. The summed E-state index contributed by atoms with van der Waals surface area (Å²) < 4.78 is 3.53. The first-order valence-corrected chi connectivity index (χ1v) is 6.78. The fraction of sp³-hybridized carbons (Fsp3) is 0.538. The molecule has 0 aliphatic heterocycles. The van der Waals surface area contributed by atoms with Crippen LogP contribution >= 0.6 is 11.6 Å². The molecular weight excluding hydrogens is 262 g/mol. The van der Waals surface area contributed by atoms with Crippen LogP contribution in [0.3, 0.4) is 0 Å². The summed E-state index contributed by atoms with van der Waals surface area (Å²) in [6.07, 6.45) is 1.58. The van der Waals surface area contributed by atoms with Crippen molar-refractivity contribution >= 4 is 11.6 Å². The third-order valence-corrected chi connectivity index (χ3v) is 3.88. The number of rotatable bonds is 4. The number of nitrogens with zero attached hydrogens (tertiary/aromatic N) is 4. The van der Waals surface area contributed by atoms with Crippen molar-refractivity contribution in [1.82, 2.24) is 19.6 Å². The molecule has 2 N–H and O–H groups in total. The second kappa shape index (κ2) is 5.35. The fourth-order valence-electron chi connectivity index (χ4n) is 2.29. The zero-order chi connectivity index (χ0) is 14.2. The maximum Gasteiger partial charge on any atom is 0.130 e. The summed E-state index contributed by atoms with van der Waals surface area (Å²) in [5.41, 5.74) is 10.3. The van der Waals surface area contributed by atoms with Gasteiger partial charge in [0, 0.05) is 19.7 Å². The number of aromatic nitrogens is 4. The van der Waals surface area contributed by atoms with E-state index in [1.54, 1.807) is 4.68 Å². The smallest absolute Gasteiger partial charge is 0.130 e. The van der Waals surface area contributed by atoms with Gasteiger partial charge in [-0.15, -0.1) is 0 Å². The van der Waals surface area contributed by atoms with Gasteiger partial charge < -0.3 is 5.73 Å². The minimum absolute atomic E-state index is 0.127. The van der Waals surface area contributed by atoms with Crippen LogP contribution in [0.5, 0.6) is 0 Å². The van der Waals surface area contributed by atoms with E-state index in [0.29, 0.717) is 11.6 Å². The van der Waals surface area contributed by atoms with Crippen molar-refractivity contribution in [3.63, 3.8) is 0 Å². The van der Waals surface area contributed by atoms with E-state index in [1.165, 1.54) is 0 Å². The van der Waals surface area contributed by atoms with E-state index in [0.717, 1.165) is 29.1 Å². The summed E-state index contributed by atoms with van der Waals surface area (Å²) >= 11 is 6.24. The van der Waals surface area contributed by atoms with Crippen molar-refractivity contribution in [3.8, 4) is 0 Å². The number of aryl methyl sites for hydroxylation is 4. The van der Waals surface area contributed by atoms with Crippen LogP contribution in [0, 0.1) is 6.92 Å². The molecule has 0 aliphatic rings. The minimum Gasteiger partial charge on any atom is -0.322 e. The molecule has 2 aromatic heterocycles. The van der Waals surface area contributed by atoms with Crippen LogP contribution in [0.25, 0.3) is 0 Å². The van der Waals surface area contributed by atoms with Crippen molar-refractivity contribution in [3.05, 3.63) is 33.9 Å². The van der Waals surface area contributed by atoms with Crippen LogP contribution in [0.4, 0.5) is 0 Å². The van der Waals surface area contributed by atoms with E-state index >= 15 is 0 Å². The van der Waals surface area contributed by atoms with E-state index < -0.39 is 0 Å². The molecule has 0 radical (unpaired) electrons. The molecule has 5 nitrogen and oxygen atoms in total. The number of hydrogen-bond acceptors (Lipinski definition) is 3. The van der Waals surface area contributed by atoms with Gasteiger partial charge >= 0.3 is 0 Å². The lowest BCUT2D eigenvalue weighted by atomic mass is 10.0. The Kier molecular flexibility index (Phi) is 3.96. The Labute approximate surface area is 118 Å². The van der Waals surface area contributed by atoms with Gasteiger partial charge in [-0.3, -0.25) is 9.36 Å². The van der Waals surface area contributed by atoms with Gasteiger partial charge in [0.2, 0.25) is 0 Å². The van der Waals surface area contributed by atoms with Crippen molar-refractivity contribution < 1.29 is 0 Å². The van der Waals surface area contributed by atoms with E-state index in [-0.39, 0.29) is 6.04 Å². The molecule has 104 valence electrons. The normalized spacial score (nSPS) is 12.9. The summed E-state index contributed by atoms with van der Waals surface area (Å²) in [5, 5.41) is 9.39. The topological polar surface area (TPSA) is 61.7 Å². The monoisotopic (exact) mass is 281 g/mol. The maximum atomic E-state index is 6.29. The molecular formula is C13H20ClN5. The predicted octanol–water partition coefficient (Wildman–Crippen LogP) is 1.92. The predicted molar refractivity (Wildman–Crippen MR) is 76.2 cm³/mol. The standard InChI is InChI=1S/C13H20ClN5/c1-5-9-6-12(18(3)17-9)11(15)7-10-8(2)16-19(4)13(10)14/h6,11H,5,7,15H2,1-4H3. The highest BCUT2D eigenvalue weighted by molar-refractivity contribution is 6.30. The molecule has 2 rings (SSSR count). The van der Waals surface area contributed by atoms with Crippen molar-refractivity contribution in [2.45, 2.75) is 32.7 Å². The SMILES string of the molecule is CCc1cc(C(N)Cc2c(C)nn(C)c2Cl)n(C)n1. The van der Waals surface area contributed by atoms with Crippen LogP contribution < -0.4 is 5.73 Å². The Morgan fingerprint density at radius 1 is 1.32 bits per heavy atom. The molecule has 0 amide bonds. The molecule has 0 saturated heterocycles. The van der Waals surface area contributed by atoms with Crippen LogP contribution in [0.15, 0.2) is 6.07 Å². The summed E-state index contributed by atoms with van der Waals surface area (Å²) in [6.45, 7) is 4.04. The molecule has 0 bridgehead atoms. The quantitative estimate of drug-likeness (QED) is 0.931. The zero-order valence-electron chi connectivity index (χ0n) is 11.8. The molecule has 0 aromatic carbocycles. The van der Waals surface area contributed by atoms with Crippen LogP contribution in [0.2, 0.25) is 5.15 Å². The van der Waals surface area contributed by atoms with Gasteiger partial charge in [0.05, 0.1) is 23.1 Å². The summed E-state index contributed by atoms with van der Waals surface area (Å²) in [7, 11) is 3.76. The Bertz CT molecular complexity index is 584. The van der Waals surface area contributed by atoms with E-state index in [9.17, 15) is 0 Å². The van der Waals surface area contributed by atoms with Crippen molar-refractivity contribution in [1.29, 1.82) is 0 Å². The van der Waals surface area contributed by atoms with E-state index in [4.69, 9.17) is 17.3 Å². The summed E-state index contributed by atoms with van der Waals surface area (Å²) in [6, 6.07) is 1.93. The van der Waals surface area contributed by atoms with Gasteiger partial charge in [0.25, 0.3) is 0 Å². The maximum absolute atomic E-state index is 6.29. The third-order valence-electron chi connectivity index (χ3n) is 3.40. The second-order valence-electron chi connectivity index (χ2n) is 4.83. The average molecular weight is 282 g/mol. The van der Waals surface area contributed by atoms with E-state index in [1.807, 2.05) is 25.7 Å². The number of halogens is 1. The molecule has 6 heteroatoms. The van der Waals surface area contributed by atoms with Crippen molar-refractivity contribution in [2.75, 3.05) is 0 Å². The van der Waals surface area contributed by atoms with Gasteiger partial charge in [0.1, 0.15) is 5.15 Å². The molecule has 0 fully saturated rings. The summed E-state index contributed by atoms with van der Waals surface area (Å²) in [5.74, 6) is 0. The van der Waals surface area contributed by atoms with Gasteiger partial charge in [-0.25, -0.2) is 0 Å². The Balaban J connectivity index is 2.25. The van der Waals surface area contributed by atoms with Crippen molar-refractivity contribution in [2.24, 2.45) is 19.8 Å². The molecule has 1 atom stereocenters. The lowest BCUT2D eigenvalue weighted by Crippen LogP contribution is -2.17. The first-order chi connectivity index (χ1) is 8.93. The minimum atomic E-state index is -0.127. The summed E-state index contributed by atoms with van der Waals surface area (Å²) in [4.78, 5) is 0. The van der Waals surface area contributed by atoms with Crippen LogP contribution in [-0.4, -0.2) is 19.6 Å². The first-order valence-electron chi connectivity index (χ1n) is 6.40. The molecule has 19 heavy (non-hydrogen) atoms. The van der Waals surface area contributed by atoms with Crippen LogP contribution in [0.1, 0.15) is 35.6 Å². The number of hydrogen-bond donors (Lipinski definition) is 1. The highest BCUT2D eigenvalue weighted by Crippen LogP contribution is 2.24. The number of nitrogens with two attached hydrogens (primary N) is 1. The lowest BCUT2D eigenvalue weighted by Gasteiger charge is -2.11. The largest absolute Gasteiger partial charge is 0.322 e. The molecule has 0 saturated carbocycles. The zero-order valence-corrected chi connectivity index (χ0v) is 12.6. The fourth-order valence-corrected chi connectivity index (χ4v) is 2.55. The highest BCUT2D eigenvalue weighted by atomic mass is 35.5. The molecule has 0 aliphatic carbocycles. The Hall–Kier alpha value is -1.33. The molecule has 1 unspecified atom stereocenters. The second-order valence-corrected chi connectivity index (χ2v) is 5.18. The van der Waals surface area contributed by atoms with Crippen LogP contribution in [-0.2, 0) is 26.9 Å². The van der Waals surface area contributed by atoms with Gasteiger partial charge in [-0.2, -0.15) is 10.2 Å². The lowest BCUT2D eigenvalue weighted by molar-refractivity contribution is 0.613. The Morgan fingerprint density at radius 2 is 2.00 bits per heavy atom. The highest BCUT2D eigenvalue weighted by Gasteiger charge is 2.18. The van der Waals surface area contributed by atoms with Gasteiger partial charge in [0.15, 0.2) is 0 Å². The average Bonchev–Trinajstić information content (AvgIpc) is 2.85. The first kappa shape index (κ1) is 14.1. The van der Waals surface area contributed by atoms with E-state index in [2.05, 4.69) is 23.2 Å². The third kappa shape index (κ3) is 2.67. The van der Waals surface area contributed by atoms with Gasteiger partial charge in [-0.05, 0) is 25.8 Å². The molecule has 2 aromatic rings. The van der Waals surface area contributed by atoms with Gasteiger partial charge in [-0.1, -0.05) is 18.5 Å².